The minimum Gasteiger partial charge on any atom is -0.491 e. The van der Waals surface area contributed by atoms with Crippen LogP contribution < -0.4 is 10.1 Å². The van der Waals surface area contributed by atoms with Crippen LogP contribution in [0.1, 0.15) is 18.1 Å². The van der Waals surface area contributed by atoms with Gasteiger partial charge in [-0.2, -0.15) is 0 Å². The molecule has 1 heterocycles. The van der Waals surface area contributed by atoms with E-state index in [2.05, 4.69) is 5.32 Å². The van der Waals surface area contributed by atoms with E-state index in [-0.39, 0.29) is 18.8 Å². The quantitative estimate of drug-likeness (QED) is 0.418. The summed E-state index contributed by atoms with van der Waals surface area (Å²) in [7, 11) is 0. The topological polar surface area (TPSA) is 122 Å². The Bertz CT molecular complexity index is 928. The number of carbonyl (C=O) groups excluding carboxylic acids is 2. The van der Waals surface area contributed by atoms with Gasteiger partial charge in [-0.1, -0.05) is 17.7 Å². The molecule has 2 aromatic carbocycles. The lowest BCUT2D eigenvalue weighted by atomic mass is 9.92. The van der Waals surface area contributed by atoms with Crippen molar-refractivity contribution in [2.24, 2.45) is 0 Å². The van der Waals surface area contributed by atoms with Crippen LogP contribution in [0.25, 0.3) is 0 Å². The van der Waals surface area contributed by atoms with Gasteiger partial charge in [-0.25, -0.2) is 4.79 Å². The Hall–Kier alpha value is -3.46. The third-order valence-corrected chi connectivity index (χ3v) is 4.79. The Morgan fingerprint density at radius 1 is 1.17 bits per heavy atom. The standard InChI is InChI=1S/C20H21N3O6/c1-13-3-9-17(10-4-13)29-12-16(24)11-22-18(25)20(2,21-19(22)26)14-5-7-15(8-6-14)23(27)28/h3-10,16,24H,11-12H2,1-2H3,(H,21,26)/t16-,20+/m0/s1. The second kappa shape index (κ2) is 7.88. The molecule has 1 aliphatic heterocycles. The number of aliphatic hydroxyl groups excluding tert-OH is 1. The van der Waals surface area contributed by atoms with Crippen molar-refractivity contribution >= 4 is 17.6 Å². The maximum Gasteiger partial charge on any atom is 0.325 e. The zero-order valence-corrected chi connectivity index (χ0v) is 16.0. The summed E-state index contributed by atoms with van der Waals surface area (Å²) in [5.41, 5.74) is -0.00391. The van der Waals surface area contributed by atoms with Crippen molar-refractivity contribution in [3.63, 3.8) is 0 Å². The van der Waals surface area contributed by atoms with Crippen molar-refractivity contribution in [2.75, 3.05) is 13.2 Å². The summed E-state index contributed by atoms with van der Waals surface area (Å²) in [4.78, 5) is 36.4. The van der Waals surface area contributed by atoms with Crippen LogP contribution >= 0.6 is 0 Å². The van der Waals surface area contributed by atoms with Crippen LogP contribution in [0.3, 0.4) is 0 Å². The van der Waals surface area contributed by atoms with Crippen molar-refractivity contribution in [3.05, 3.63) is 69.8 Å². The van der Waals surface area contributed by atoms with Crippen molar-refractivity contribution in [2.45, 2.75) is 25.5 Å². The number of ether oxygens (including phenoxy) is 1. The monoisotopic (exact) mass is 399 g/mol. The first-order chi connectivity index (χ1) is 13.7. The molecule has 3 rings (SSSR count). The molecule has 0 aromatic heterocycles. The summed E-state index contributed by atoms with van der Waals surface area (Å²) in [5, 5.41) is 23.6. The Labute approximate surface area is 167 Å². The van der Waals surface area contributed by atoms with E-state index in [1.807, 2.05) is 19.1 Å². The highest BCUT2D eigenvalue weighted by molar-refractivity contribution is 6.07. The number of non-ortho nitro benzene ring substituents is 1. The summed E-state index contributed by atoms with van der Waals surface area (Å²) in [6.07, 6.45) is -1.08. The first kappa shape index (κ1) is 20.3. The second-order valence-corrected chi connectivity index (χ2v) is 7.05. The predicted octanol–water partition coefficient (Wildman–Crippen LogP) is 2.11. The molecule has 2 N–H and O–H groups in total. The van der Waals surface area contributed by atoms with Crippen LogP contribution in [0, 0.1) is 17.0 Å². The SMILES string of the molecule is Cc1ccc(OC[C@@H](O)CN2C(=O)N[C@](C)(c3ccc([N+](=O)[O-])cc3)C2=O)cc1. The van der Waals surface area contributed by atoms with Crippen molar-refractivity contribution in [3.8, 4) is 5.75 Å². The lowest BCUT2D eigenvalue weighted by Gasteiger charge is -2.23. The van der Waals surface area contributed by atoms with Gasteiger partial charge in [0.1, 0.15) is 24.0 Å². The van der Waals surface area contributed by atoms with Crippen LogP contribution in [0.5, 0.6) is 5.75 Å². The number of amides is 3. The molecule has 1 aliphatic rings. The maximum atomic E-state index is 12.9. The first-order valence-corrected chi connectivity index (χ1v) is 8.97. The average Bonchev–Trinajstić information content (AvgIpc) is 2.91. The van der Waals surface area contributed by atoms with Gasteiger partial charge in [-0.3, -0.25) is 19.8 Å². The van der Waals surface area contributed by atoms with Gasteiger partial charge in [0.2, 0.25) is 0 Å². The molecule has 9 nitrogen and oxygen atoms in total. The number of aryl methyl sites for hydroxylation is 1. The van der Waals surface area contributed by atoms with E-state index in [1.165, 1.54) is 31.2 Å². The maximum absolute atomic E-state index is 12.9. The average molecular weight is 399 g/mol. The molecule has 0 spiro atoms. The number of imide groups is 1. The molecule has 2 atom stereocenters. The summed E-state index contributed by atoms with van der Waals surface area (Å²) >= 11 is 0. The Balaban J connectivity index is 1.66. The van der Waals surface area contributed by atoms with E-state index >= 15 is 0 Å². The third-order valence-electron chi connectivity index (χ3n) is 4.79. The number of aliphatic hydroxyl groups is 1. The minimum atomic E-state index is -1.37. The summed E-state index contributed by atoms with van der Waals surface area (Å²) in [6, 6.07) is 12.0. The molecule has 3 amide bonds. The fourth-order valence-corrected chi connectivity index (χ4v) is 3.07. The molecular weight excluding hydrogens is 378 g/mol. The molecule has 2 aromatic rings. The molecule has 0 unspecified atom stereocenters. The lowest BCUT2D eigenvalue weighted by Crippen LogP contribution is -2.42. The van der Waals surface area contributed by atoms with Gasteiger partial charge in [-0.05, 0) is 43.7 Å². The number of nitrogens with one attached hydrogen (secondary N) is 1. The van der Waals surface area contributed by atoms with Crippen molar-refractivity contribution < 1.29 is 24.4 Å². The predicted molar refractivity (Wildman–Crippen MR) is 103 cm³/mol. The Morgan fingerprint density at radius 2 is 1.79 bits per heavy atom. The fraction of sp³-hybridized carbons (Fsp3) is 0.300. The highest BCUT2D eigenvalue weighted by atomic mass is 16.6. The number of hydrogen-bond donors (Lipinski definition) is 2. The largest absolute Gasteiger partial charge is 0.491 e. The summed E-state index contributed by atoms with van der Waals surface area (Å²) in [5.74, 6) is 0.0216. The van der Waals surface area contributed by atoms with E-state index in [4.69, 9.17) is 4.74 Å². The number of rotatable bonds is 7. The van der Waals surface area contributed by atoms with Crippen LogP contribution in [0.4, 0.5) is 10.5 Å². The first-order valence-electron chi connectivity index (χ1n) is 8.97. The van der Waals surface area contributed by atoms with E-state index in [0.29, 0.717) is 11.3 Å². The molecule has 1 fully saturated rings. The smallest absolute Gasteiger partial charge is 0.325 e. The van der Waals surface area contributed by atoms with Gasteiger partial charge < -0.3 is 15.2 Å². The zero-order chi connectivity index (χ0) is 21.2. The Morgan fingerprint density at radius 3 is 2.38 bits per heavy atom. The molecule has 0 saturated carbocycles. The molecule has 152 valence electrons. The second-order valence-electron chi connectivity index (χ2n) is 7.05. The summed E-state index contributed by atoms with van der Waals surface area (Å²) in [6.45, 7) is 3.13. The zero-order valence-electron chi connectivity index (χ0n) is 16.0. The lowest BCUT2D eigenvalue weighted by molar-refractivity contribution is -0.384. The molecule has 9 heteroatoms. The molecular formula is C20H21N3O6. The fourth-order valence-electron chi connectivity index (χ4n) is 3.07. The molecule has 29 heavy (non-hydrogen) atoms. The number of nitrogens with zero attached hydrogens (tertiary/aromatic N) is 2. The van der Waals surface area contributed by atoms with E-state index in [0.717, 1.165) is 10.5 Å². The van der Waals surface area contributed by atoms with Crippen molar-refractivity contribution in [1.29, 1.82) is 0 Å². The van der Waals surface area contributed by atoms with Crippen LogP contribution in [-0.4, -0.2) is 46.1 Å². The number of nitro benzene ring substituents is 1. The number of urea groups is 1. The van der Waals surface area contributed by atoms with Crippen LogP contribution in [0.2, 0.25) is 0 Å². The third kappa shape index (κ3) is 4.19. The number of β-amino-alcohol motifs (C(OH)–C–C–N with tert-alkyl or cyclic N) is 1. The van der Waals surface area contributed by atoms with Gasteiger partial charge in [0.05, 0.1) is 11.5 Å². The highest BCUT2D eigenvalue weighted by Gasteiger charge is 2.49. The Kier molecular flexibility index (Phi) is 5.51. The normalized spacial score (nSPS) is 19.8. The van der Waals surface area contributed by atoms with Crippen molar-refractivity contribution in [1.82, 2.24) is 10.2 Å². The number of hydrogen-bond acceptors (Lipinski definition) is 6. The van der Waals surface area contributed by atoms with Gasteiger partial charge in [0, 0.05) is 12.1 Å². The van der Waals surface area contributed by atoms with E-state index in [9.17, 15) is 24.8 Å². The molecule has 0 radical (unpaired) electrons. The van der Waals surface area contributed by atoms with Gasteiger partial charge in [0.25, 0.3) is 11.6 Å². The number of carbonyl (C=O) groups is 2. The summed E-state index contributed by atoms with van der Waals surface area (Å²) < 4.78 is 5.49. The number of nitro groups is 1. The molecule has 1 saturated heterocycles. The van der Waals surface area contributed by atoms with Gasteiger partial charge in [-0.15, -0.1) is 0 Å². The van der Waals surface area contributed by atoms with Crippen LogP contribution in [0.15, 0.2) is 48.5 Å². The van der Waals surface area contributed by atoms with Gasteiger partial charge in [0.15, 0.2) is 0 Å². The van der Waals surface area contributed by atoms with Gasteiger partial charge >= 0.3 is 6.03 Å². The molecule has 0 aliphatic carbocycles. The van der Waals surface area contributed by atoms with E-state index < -0.39 is 28.5 Å². The van der Waals surface area contributed by atoms with E-state index in [1.54, 1.807) is 12.1 Å². The molecule has 0 bridgehead atoms. The highest BCUT2D eigenvalue weighted by Crippen LogP contribution is 2.30. The number of benzene rings is 2. The van der Waals surface area contributed by atoms with Crippen LogP contribution in [-0.2, 0) is 10.3 Å². The minimum absolute atomic E-state index is 0.0889.